The van der Waals surface area contributed by atoms with Crippen LogP contribution in [0.15, 0.2) is 66.7 Å². The molecule has 0 radical (unpaired) electrons. The average Bonchev–Trinajstić information content (AvgIpc) is 3.78. The highest BCUT2D eigenvalue weighted by Gasteiger charge is 2.44. The summed E-state index contributed by atoms with van der Waals surface area (Å²) < 4.78 is 11.9. The zero-order chi connectivity index (χ0) is 30.6. The molecule has 7 nitrogen and oxygen atoms in total. The molecule has 1 heterocycles. The maximum atomic E-state index is 13.6. The number of carbonyl (C=O) groups is 2. The lowest BCUT2D eigenvalue weighted by molar-refractivity contribution is 0.0821. The number of ether oxygens (including phenoxy) is 2. The minimum atomic E-state index is -0.873. The fourth-order valence-electron chi connectivity index (χ4n) is 5.57. The van der Waals surface area contributed by atoms with Gasteiger partial charge >= 0.3 is 0 Å². The van der Waals surface area contributed by atoms with Crippen LogP contribution in [0.1, 0.15) is 90.8 Å². The number of carbonyl (C=O) groups excluding carboxylic acids is 2. The number of hydrogen-bond acceptors (Lipinski definition) is 6. The first-order valence-corrected chi connectivity index (χ1v) is 15.4. The number of rotatable bonds is 6. The lowest BCUT2D eigenvalue weighted by Gasteiger charge is -2.28. The molecule has 5 rings (SSSR count). The molecule has 0 saturated heterocycles. The first-order chi connectivity index (χ1) is 20.5. The van der Waals surface area contributed by atoms with Crippen LogP contribution in [0.5, 0.6) is 11.5 Å². The summed E-state index contributed by atoms with van der Waals surface area (Å²) in [5.74, 6) is 0.721. The lowest BCUT2D eigenvalue weighted by atomic mass is 9.85. The predicted octanol–water partition coefficient (Wildman–Crippen LogP) is 5.72. The van der Waals surface area contributed by atoms with Gasteiger partial charge < -0.3 is 25.2 Å². The molecule has 2 atom stereocenters. The second-order valence-electron chi connectivity index (χ2n) is 13.0. The van der Waals surface area contributed by atoms with Crippen molar-refractivity contribution in [3.8, 4) is 11.5 Å². The molecule has 43 heavy (non-hydrogen) atoms. The van der Waals surface area contributed by atoms with E-state index in [0.717, 1.165) is 37.0 Å². The minimum absolute atomic E-state index is 0.0441. The van der Waals surface area contributed by atoms with E-state index in [4.69, 9.17) is 9.47 Å². The van der Waals surface area contributed by atoms with E-state index >= 15 is 0 Å². The average molecular weight is 585 g/mol. The molecule has 3 aromatic carbocycles. The first-order valence-electron chi connectivity index (χ1n) is 15.4. The second-order valence-corrected chi connectivity index (χ2v) is 13.0. The molecule has 228 valence electrons. The number of amides is 1. The Morgan fingerprint density at radius 2 is 1.72 bits per heavy atom. The highest BCUT2D eigenvalue weighted by Crippen LogP contribution is 2.46. The van der Waals surface area contributed by atoms with Crippen LogP contribution >= 0.6 is 0 Å². The highest BCUT2D eigenvalue weighted by atomic mass is 16.5. The van der Waals surface area contributed by atoms with Gasteiger partial charge in [-0.25, -0.2) is 0 Å². The summed E-state index contributed by atoms with van der Waals surface area (Å²) in [4.78, 5) is 25.9. The third-order valence-electron chi connectivity index (χ3n) is 8.47. The fraction of sp³-hybridized carbons (Fsp3) is 0.444. The normalized spacial score (nSPS) is 19.4. The van der Waals surface area contributed by atoms with Crippen LogP contribution in [0.3, 0.4) is 0 Å². The lowest BCUT2D eigenvalue weighted by Crippen LogP contribution is -2.50. The van der Waals surface area contributed by atoms with Crippen LogP contribution in [0.2, 0.25) is 0 Å². The molecule has 3 aromatic rings. The molecule has 0 aromatic heterocycles. The van der Waals surface area contributed by atoms with Crippen molar-refractivity contribution >= 4 is 11.7 Å². The molecule has 7 heteroatoms. The molecule has 0 unspecified atom stereocenters. The maximum absolute atomic E-state index is 13.6. The topological polar surface area (TPSA) is 96.9 Å². The van der Waals surface area contributed by atoms with Crippen LogP contribution in [0, 0.1) is 0 Å². The monoisotopic (exact) mass is 584 g/mol. The van der Waals surface area contributed by atoms with Crippen molar-refractivity contribution in [2.24, 2.45) is 0 Å². The quantitative estimate of drug-likeness (QED) is 0.321. The van der Waals surface area contributed by atoms with Gasteiger partial charge in [0.2, 0.25) is 0 Å². The number of aliphatic hydroxyl groups is 1. The summed E-state index contributed by atoms with van der Waals surface area (Å²) in [6, 6.07) is 20.8. The fourth-order valence-corrected chi connectivity index (χ4v) is 5.57. The van der Waals surface area contributed by atoms with Gasteiger partial charge in [0.15, 0.2) is 5.78 Å². The molecule has 1 amide bonds. The van der Waals surface area contributed by atoms with Crippen molar-refractivity contribution in [2.75, 3.05) is 19.8 Å². The van der Waals surface area contributed by atoms with Gasteiger partial charge in [0.25, 0.3) is 5.91 Å². The Bertz CT molecular complexity index is 1460. The summed E-state index contributed by atoms with van der Waals surface area (Å²) in [6.45, 7) is 9.41. The van der Waals surface area contributed by atoms with E-state index in [1.807, 2.05) is 24.3 Å². The van der Waals surface area contributed by atoms with Crippen molar-refractivity contribution in [3.05, 3.63) is 94.5 Å². The summed E-state index contributed by atoms with van der Waals surface area (Å²) in [5.41, 5.74) is 4.06. The van der Waals surface area contributed by atoms with Crippen molar-refractivity contribution in [2.45, 2.75) is 82.9 Å². The molecule has 0 spiro atoms. The molecular weight excluding hydrogens is 540 g/mol. The Morgan fingerprint density at radius 1 is 1.00 bits per heavy atom. The Morgan fingerprint density at radius 3 is 2.42 bits per heavy atom. The minimum Gasteiger partial charge on any atom is -0.494 e. The van der Waals surface area contributed by atoms with E-state index < -0.39 is 12.1 Å². The maximum Gasteiger partial charge on any atom is 0.251 e. The summed E-state index contributed by atoms with van der Waals surface area (Å²) in [6.07, 6.45) is 3.09. The number of aliphatic hydroxyl groups excluding tert-OH is 1. The summed E-state index contributed by atoms with van der Waals surface area (Å²) >= 11 is 0. The molecule has 2 aliphatic rings. The molecular formula is C36H44N2O5. The second kappa shape index (κ2) is 12.9. The van der Waals surface area contributed by atoms with Crippen LogP contribution in [-0.4, -0.2) is 48.7 Å². The zero-order valence-electron chi connectivity index (χ0n) is 25.7. The molecule has 4 bridgehead atoms. The number of nitrogens with one attached hydrogen (secondary N) is 2. The Balaban J connectivity index is 1.39. The molecule has 1 aliphatic heterocycles. The number of fused-ring (bicyclic) bond motifs is 4. The Kier molecular flexibility index (Phi) is 9.23. The van der Waals surface area contributed by atoms with Gasteiger partial charge in [0, 0.05) is 23.2 Å². The summed E-state index contributed by atoms with van der Waals surface area (Å²) in [7, 11) is 0. The van der Waals surface area contributed by atoms with Gasteiger partial charge in [-0.2, -0.15) is 0 Å². The van der Waals surface area contributed by atoms with E-state index in [1.165, 1.54) is 18.1 Å². The molecule has 1 aliphatic carbocycles. The van der Waals surface area contributed by atoms with Gasteiger partial charge in [-0.15, -0.1) is 0 Å². The summed E-state index contributed by atoms with van der Waals surface area (Å²) in [5, 5.41) is 18.3. The SMILES string of the molecule is CC(=O)c1cc2cc(c1)C(=O)N[C@H]([C@H](O)CNC1(c3cccc(C(C)(C)C)c3)CC1)Cc1cccc(c1)OCCCCO2. The smallest absolute Gasteiger partial charge is 0.251 e. The largest absolute Gasteiger partial charge is 0.494 e. The van der Waals surface area contributed by atoms with E-state index in [2.05, 4.69) is 55.7 Å². The predicted molar refractivity (Wildman–Crippen MR) is 168 cm³/mol. The number of Topliss-reactive ketones (excluding diaryl/α,β-unsaturated/α-hetero) is 1. The third-order valence-corrected chi connectivity index (χ3v) is 8.47. The molecule has 3 N–H and O–H groups in total. The van der Waals surface area contributed by atoms with Crippen molar-refractivity contribution in [1.29, 1.82) is 0 Å². The van der Waals surface area contributed by atoms with Crippen molar-refractivity contribution < 1.29 is 24.2 Å². The van der Waals surface area contributed by atoms with Crippen LogP contribution in [0.4, 0.5) is 0 Å². The van der Waals surface area contributed by atoms with Gasteiger partial charge in [0.1, 0.15) is 11.5 Å². The van der Waals surface area contributed by atoms with E-state index in [-0.39, 0.29) is 22.6 Å². The van der Waals surface area contributed by atoms with Gasteiger partial charge in [-0.05, 0) is 91.5 Å². The van der Waals surface area contributed by atoms with Crippen LogP contribution in [0.25, 0.3) is 0 Å². The van der Waals surface area contributed by atoms with Crippen LogP contribution in [-0.2, 0) is 17.4 Å². The van der Waals surface area contributed by atoms with E-state index in [1.54, 1.807) is 18.2 Å². The highest BCUT2D eigenvalue weighted by molar-refractivity contribution is 6.00. The van der Waals surface area contributed by atoms with Gasteiger partial charge in [-0.1, -0.05) is 57.2 Å². The molecule has 1 fully saturated rings. The van der Waals surface area contributed by atoms with Gasteiger partial charge in [-0.3, -0.25) is 9.59 Å². The number of hydrogen-bond donors (Lipinski definition) is 3. The molecule has 1 saturated carbocycles. The Hall–Kier alpha value is -3.68. The zero-order valence-corrected chi connectivity index (χ0v) is 25.7. The van der Waals surface area contributed by atoms with Crippen molar-refractivity contribution in [3.63, 3.8) is 0 Å². The van der Waals surface area contributed by atoms with E-state index in [0.29, 0.717) is 43.1 Å². The number of ketones is 1. The Labute approximate surface area is 255 Å². The van der Waals surface area contributed by atoms with Crippen LogP contribution < -0.4 is 20.1 Å². The van der Waals surface area contributed by atoms with E-state index in [9.17, 15) is 14.7 Å². The first kappa shape index (κ1) is 30.8. The van der Waals surface area contributed by atoms with Gasteiger partial charge in [0.05, 0.1) is 25.4 Å². The standard InChI is InChI=1S/C36H44N2O5/c1-24(39)26-19-27-21-31(20-26)43-16-6-5-15-42-30-12-7-9-25(17-30)18-32(38-34(27)41)33(40)23-37-36(13-14-36)29-11-8-10-28(22-29)35(2,3)4/h7-12,17,19-22,32-33,37,40H,5-6,13-16,18,23H2,1-4H3,(H,38,41)/t32-,33+/m0/s1. The number of benzene rings is 3. The van der Waals surface area contributed by atoms with Crippen molar-refractivity contribution in [1.82, 2.24) is 10.6 Å². The third kappa shape index (κ3) is 7.84.